The number of aromatic nitrogens is 3. The molecule has 3 heterocycles. The van der Waals surface area contributed by atoms with Gasteiger partial charge in [0.1, 0.15) is 0 Å². The van der Waals surface area contributed by atoms with Gasteiger partial charge in [0.25, 0.3) is 0 Å². The lowest BCUT2D eigenvalue weighted by Gasteiger charge is -2.06. The van der Waals surface area contributed by atoms with E-state index in [-0.39, 0.29) is 42.9 Å². The van der Waals surface area contributed by atoms with Crippen LogP contribution in [0.4, 0.5) is 18.3 Å². The monoisotopic (exact) mass is 488 g/mol. The number of alkyl halides is 3. The lowest BCUT2D eigenvalue weighted by Crippen LogP contribution is -2.12. The van der Waals surface area contributed by atoms with E-state index in [9.17, 15) is 18.0 Å². The van der Waals surface area contributed by atoms with Gasteiger partial charge >= 0.3 is 6.18 Å². The molecule has 8 nitrogen and oxygen atoms in total. The first-order chi connectivity index (χ1) is 16.3. The van der Waals surface area contributed by atoms with Gasteiger partial charge in [-0.15, -0.1) is 21.5 Å². The summed E-state index contributed by atoms with van der Waals surface area (Å²) in [7, 11) is 0. The molecule has 0 spiro atoms. The molecule has 1 amide bonds. The number of aryl methyl sites for hydroxylation is 1. The highest BCUT2D eigenvalue weighted by atomic mass is 32.1. The van der Waals surface area contributed by atoms with Gasteiger partial charge in [-0.1, -0.05) is 6.07 Å². The van der Waals surface area contributed by atoms with Crippen LogP contribution in [0.2, 0.25) is 0 Å². The Hall–Kier alpha value is -3.93. The smallest absolute Gasteiger partial charge is 0.416 e. The zero-order valence-corrected chi connectivity index (χ0v) is 18.1. The second kappa shape index (κ2) is 8.78. The second-order valence-corrected chi connectivity index (χ2v) is 8.09. The number of carbonyl (C=O) groups is 1. The minimum atomic E-state index is -4.48. The summed E-state index contributed by atoms with van der Waals surface area (Å²) < 4.78 is 54.8. The SMILES string of the molecule is O=C(CCc1nnc(-c2cccc(C(F)(F)F)c2)o1)Nc1nc(-c2ccc3c(c2)OCO3)cs1. The van der Waals surface area contributed by atoms with Crippen LogP contribution in [0.1, 0.15) is 17.9 Å². The fraction of sp³-hybridized carbons (Fsp3) is 0.182. The molecule has 0 saturated carbocycles. The normalized spacial score (nSPS) is 12.7. The van der Waals surface area contributed by atoms with Gasteiger partial charge in [-0.2, -0.15) is 13.2 Å². The molecule has 1 N–H and O–H groups in total. The highest BCUT2D eigenvalue weighted by Gasteiger charge is 2.30. The molecule has 4 aromatic rings. The van der Waals surface area contributed by atoms with E-state index in [0.29, 0.717) is 22.3 Å². The summed E-state index contributed by atoms with van der Waals surface area (Å²) in [5.74, 6) is 1.09. The van der Waals surface area contributed by atoms with Gasteiger partial charge in [-0.3, -0.25) is 4.79 Å². The molecule has 1 aliphatic rings. The van der Waals surface area contributed by atoms with E-state index in [1.54, 1.807) is 6.07 Å². The van der Waals surface area contributed by atoms with Gasteiger partial charge in [0.2, 0.25) is 24.5 Å². The second-order valence-electron chi connectivity index (χ2n) is 7.23. The van der Waals surface area contributed by atoms with Crippen LogP contribution >= 0.6 is 11.3 Å². The molecule has 174 valence electrons. The maximum absolute atomic E-state index is 12.9. The number of anilines is 1. The van der Waals surface area contributed by atoms with Gasteiger partial charge < -0.3 is 19.2 Å². The summed E-state index contributed by atoms with van der Waals surface area (Å²) in [6, 6.07) is 10.1. The summed E-state index contributed by atoms with van der Waals surface area (Å²) in [4.78, 5) is 16.7. The number of rotatable bonds is 6. The molecule has 1 aliphatic heterocycles. The number of nitrogens with zero attached hydrogens (tertiary/aromatic N) is 3. The molecule has 0 unspecified atom stereocenters. The molecule has 0 aliphatic carbocycles. The van der Waals surface area contributed by atoms with Crippen LogP contribution in [0, 0.1) is 0 Å². The number of hydrogen-bond donors (Lipinski definition) is 1. The third-order valence-corrected chi connectivity index (χ3v) is 5.65. The Labute approximate surface area is 194 Å². The molecule has 0 bridgehead atoms. The van der Waals surface area contributed by atoms with Gasteiger partial charge in [-0.25, -0.2) is 4.98 Å². The predicted octanol–water partition coefficient (Wildman–Crippen LogP) is 5.18. The van der Waals surface area contributed by atoms with Gasteiger partial charge in [0.05, 0.1) is 11.3 Å². The van der Waals surface area contributed by atoms with E-state index in [1.165, 1.54) is 23.5 Å². The van der Waals surface area contributed by atoms with E-state index < -0.39 is 11.7 Å². The molecule has 2 aromatic heterocycles. The molecule has 34 heavy (non-hydrogen) atoms. The zero-order valence-electron chi connectivity index (χ0n) is 17.3. The molecule has 0 radical (unpaired) electrons. The first-order valence-electron chi connectivity index (χ1n) is 10.0. The summed E-state index contributed by atoms with van der Waals surface area (Å²) in [5.41, 5.74) is 0.847. The maximum atomic E-state index is 12.9. The standard InChI is InChI=1S/C22H15F3N4O4S/c23-22(24,25)14-3-1-2-13(8-14)20-29-28-19(33-20)7-6-18(30)27-21-26-15(10-34-21)12-4-5-16-17(9-12)32-11-31-16/h1-5,8-10H,6-7,11H2,(H,26,27,30). The van der Waals surface area contributed by atoms with Crippen molar-refractivity contribution in [3.63, 3.8) is 0 Å². The summed E-state index contributed by atoms with van der Waals surface area (Å²) in [6.45, 7) is 0.179. The van der Waals surface area contributed by atoms with Gasteiger partial charge in [0.15, 0.2) is 16.6 Å². The fourth-order valence-electron chi connectivity index (χ4n) is 3.22. The fourth-order valence-corrected chi connectivity index (χ4v) is 3.96. The average Bonchev–Trinajstić information content (AvgIpc) is 3.57. The number of fused-ring (bicyclic) bond motifs is 1. The number of carbonyl (C=O) groups excluding carboxylic acids is 1. The Morgan fingerprint density at radius 3 is 2.76 bits per heavy atom. The van der Waals surface area contributed by atoms with Crippen molar-refractivity contribution in [2.45, 2.75) is 19.0 Å². The number of benzene rings is 2. The van der Waals surface area contributed by atoms with Crippen molar-refractivity contribution < 1.29 is 31.9 Å². The minimum absolute atomic E-state index is 0.0309. The number of ether oxygens (including phenoxy) is 2. The quantitative estimate of drug-likeness (QED) is 0.399. The first kappa shape index (κ1) is 21.9. The van der Waals surface area contributed by atoms with Crippen LogP contribution in [0.3, 0.4) is 0 Å². The highest BCUT2D eigenvalue weighted by Crippen LogP contribution is 2.36. The van der Waals surface area contributed by atoms with Crippen LogP contribution in [0.15, 0.2) is 52.3 Å². The van der Waals surface area contributed by atoms with E-state index >= 15 is 0 Å². The number of thiazole rings is 1. The lowest BCUT2D eigenvalue weighted by atomic mass is 10.1. The Bertz CT molecular complexity index is 1350. The Balaban J connectivity index is 1.18. The van der Waals surface area contributed by atoms with Crippen molar-refractivity contribution in [3.05, 3.63) is 59.3 Å². The topological polar surface area (TPSA) is 99.4 Å². The molecule has 2 aromatic carbocycles. The third kappa shape index (κ3) is 4.71. The Morgan fingerprint density at radius 2 is 1.91 bits per heavy atom. The van der Waals surface area contributed by atoms with Crippen LogP contribution < -0.4 is 14.8 Å². The molecular formula is C22H15F3N4O4S. The third-order valence-electron chi connectivity index (χ3n) is 4.89. The van der Waals surface area contributed by atoms with Gasteiger partial charge in [0, 0.05) is 29.3 Å². The van der Waals surface area contributed by atoms with Crippen molar-refractivity contribution in [2.24, 2.45) is 0 Å². The van der Waals surface area contributed by atoms with Crippen molar-refractivity contribution in [2.75, 3.05) is 12.1 Å². The first-order valence-corrected chi connectivity index (χ1v) is 10.9. The summed E-state index contributed by atoms with van der Waals surface area (Å²) in [5, 5.41) is 12.6. The van der Waals surface area contributed by atoms with E-state index in [0.717, 1.165) is 17.7 Å². The molecule has 0 fully saturated rings. The maximum Gasteiger partial charge on any atom is 0.416 e. The minimum Gasteiger partial charge on any atom is -0.454 e. The Morgan fingerprint density at radius 1 is 1.06 bits per heavy atom. The van der Waals surface area contributed by atoms with Crippen LogP contribution in [-0.4, -0.2) is 27.9 Å². The van der Waals surface area contributed by atoms with Gasteiger partial charge in [-0.05, 0) is 36.4 Å². The largest absolute Gasteiger partial charge is 0.454 e. The molecular weight excluding hydrogens is 473 g/mol. The van der Waals surface area contributed by atoms with Crippen molar-refractivity contribution >= 4 is 22.4 Å². The number of halogens is 3. The van der Waals surface area contributed by atoms with Crippen LogP contribution in [-0.2, 0) is 17.4 Å². The van der Waals surface area contributed by atoms with Crippen LogP contribution in [0.5, 0.6) is 11.5 Å². The summed E-state index contributed by atoms with van der Waals surface area (Å²) in [6.07, 6.45) is -4.32. The average molecular weight is 488 g/mol. The van der Waals surface area contributed by atoms with Crippen molar-refractivity contribution in [1.29, 1.82) is 0 Å². The highest BCUT2D eigenvalue weighted by molar-refractivity contribution is 7.14. The van der Waals surface area contributed by atoms with E-state index in [4.69, 9.17) is 13.9 Å². The molecule has 0 saturated heterocycles. The zero-order chi connectivity index (χ0) is 23.7. The van der Waals surface area contributed by atoms with E-state index in [1.807, 2.05) is 17.5 Å². The molecule has 0 atom stereocenters. The number of hydrogen-bond acceptors (Lipinski definition) is 8. The number of nitrogens with one attached hydrogen (secondary N) is 1. The van der Waals surface area contributed by atoms with Crippen LogP contribution in [0.25, 0.3) is 22.7 Å². The Kier molecular flexibility index (Phi) is 5.65. The predicted molar refractivity (Wildman–Crippen MR) is 115 cm³/mol. The van der Waals surface area contributed by atoms with Crippen molar-refractivity contribution in [3.8, 4) is 34.2 Å². The molecule has 5 rings (SSSR count). The van der Waals surface area contributed by atoms with Crippen molar-refractivity contribution in [1.82, 2.24) is 15.2 Å². The number of amides is 1. The lowest BCUT2D eigenvalue weighted by molar-refractivity contribution is -0.137. The molecule has 12 heteroatoms. The summed E-state index contributed by atoms with van der Waals surface area (Å²) >= 11 is 1.27. The van der Waals surface area contributed by atoms with E-state index in [2.05, 4.69) is 20.5 Å².